The molecule has 1 heterocycles. The summed E-state index contributed by atoms with van der Waals surface area (Å²) in [6.07, 6.45) is 11.4. The highest BCUT2D eigenvalue weighted by Crippen LogP contribution is 2.28. The summed E-state index contributed by atoms with van der Waals surface area (Å²) in [6.45, 7) is 1.67. The van der Waals surface area contributed by atoms with E-state index in [-0.39, 0.29) is 10.9 Å². The van der Waals surface area contributed by atoms with Crippen LogP contribution in [0.5, 0.6) is 0 Å². The predicted molar refractivity (Wildman–Crippen MR) is 131 cm³/mol. The zero-order valence-corrected chi connectivity index (χ0v) is 20.3. The lowest BCUT2D eigenvalue weighted by atomic mass is 9.94. The van der Waals surface area contributed by atoms with E-state index in [1.807, 2.05) is 17.0 Å². The van der Waals surface area contributed by atoms with Crippen molar-refractivity contribution in [3.8, 4) is 0 Å². The molecule has 1 saturated heterocycles. The molecule has 1 aromatic carbocycles. The van der Waals surface area contributed by atoms with Gasteiger partial charge >= 0.3 is 0 Å². The van der Waals surface area contributed by atoms with Gasteiger partial charge in [0.05, 0.1) is 11.4 Å². The average Bonchev–Trinajstić information content (AvgIpc) is 3.44. The summed E-state index contributed by atoms with van der Waals surface area (Å²) < 4.78 is 27.6. The van der Waals surface area contributed by atoms with E-state index in [1.165, 1.54) is 49.3 Å². The van der Waals surface area contributed by atoms with Crippen LogP contribution >= 0.6 is 12.2 Å². The third-order valence-electron chi connectivity index (χ3n) is 6.97. The lowest BCUT2D eigenvalue weighted by Gasteiger charge is -2.32. The Hall–Kier alpha value is -1.87. The smallest absolute Gasteiger partial charge is 0.266 e. The van der Waals surface area contributed by atoms with Crippen LogP contribution in [0.15, 0.2) is 29.2 Å². The lowest BCUT2D eigenvalue weighted by molar-refractivity contribution is 0.260. The Kier molecular flexibility index (Phi) is 7.55. The molecule has 1 aromatic rings. The van der Waals surface area contributed by atoms with Crippen LogP contribution in [0.25, 0.3) is 0 Å². The largest absolute Gasteiger partial charge is 0.362 e. The Balaban J connectivity index is 1.29. The van der Waals surface area contributed by atoms with Gasteiger partial charge in [0.25, 0.3) is 10.0 Å². The summed E-state index contributed by atoms with van der Waals surface area (Å²) >= 11 is 5.37. The molecule has 0 aromatic heterocycles. The van der Waals surface area contributed by atoms with E-state index in [0.29, 0.717) is 36.8 Å². The number of sulfonamides is 1. The standard InChI is InChI=1S/C23H35N5O2S2/c24-22-27(20-8-2-1-3-9-20)16-17-28(22)32(29,30)21-12-10-18(11-13-21)14-15-25-23(31)26-19-6-4-5-7-19/h10-13,19-20,24H,1-9,14-17H2,(H2,25,26,31). The first-order chi connectivity index (χ1) is 15.4. The third-order valence-corrected chi connectivity index (χ3v) is 9.03. The van der Waals surface area contributed by atoms with Gasteiger partial charge in [-0.1, -0.05) is 44.2 Å². The highest BCUT2D eigenvalue weighted by Gasteiger charge is 2.38. The van der Waals surface area contributed by atoms with Crippen LogP contribution in [0.4, 0.5) is 0 Å². The number of hydrogen-bond acceptors (Lipinski definition) is 4. The molecule has 3 N–H and O–H groups in total. The number of hydrogen-bond donors (Lipinski definition) is 3. The first-order valence-corrected chi connectivity index (χ1v) is 13.8. The Morgan fingerprint density at radius 3 is 2.34 bits per heavy atom. The molecule has 3 fully saturated rings. The van der Waals surface area contributed by atoms with Crippen LogP contribution in [0.3, 0.4) is 0 Å². The Labute approximate surface area is 197 Å². The number of benzene rings is 1. The Morgan fingerprint density at radius 2 is 1.66 bits per heavy atom. The van der Waals surface area contributed by atoms with Crippen LogP contribution in [-0.2, 0) is 16.4 Å². The van der Waals surface area contributed by atoms with Gasteiger partial charge in [-0.3, -0.25) is 5.41 Å². The maximum Gasteiger partial charge on any atom is 0.266 e. The van der Waals surface area contributed by atoms with Crippen LogP contribution in [0, 0.1) is 5.41 Å². The van der Waals surface area contributed by atoms with Crippen molar-refractivity contribution in [3.63, 3.8) is 0 Å². The minimum absolute atomic E-state index is 0.133. The van der Waals surface area contributed by atoms with Crippen LogP contribution < -0.4 is 10.6 Å². The van der Waals surface area contributed by atoms with Gasteiger partial charge in [0.1, 0.15) is 0 Å². The zero-order valence-electron chi connectivity index (χ0n) is 18.7. The summed E-state index contributed by atoms with van der Waals surface area (Å²) in [4.78, 5) is 2.24. The molecule has 0 spiro atoms. The number of guanidine groups is 1. The average molecular weight is 478 g/mol. The summed E-state index contributed by atoms with van der Waals surface area (Å²) in [6, 6.07) is 7.85. The maximum absolute atomic E-state index is 13.2. The van der Waals surface area contributed by atoms with E-state index in [0.717, 1.165) is 24.8 Å². The predicted octanol–water partition coefficient (Wildman–Crippen LogP) is 3.21. The molecule has 0 radical (unpaired) electrons. The highest BCUT2D eigenvalue weighted by atomic mass is 32.2. The van der Waals surface area contributed by atoms with E-state index in [2.05, 4.69) is 10.6 Å². The summed E-state index contributed by atoms with van der Waals surface area (Å²) in [7, 11) is -3.70. The quantitative estimate of drug-likeness (QED) is 0.523. The molecular weight excluding hydrogens is 442 g/mol. The number of nitrogens with one attached hydrogen (secondary N) is 3. The number of thiocarbonyl (C=S) groups is 1. The molecule has 2 aliphatic carbocycles. The van der Waals surface area contributed by atoms with Crippen LogP contribution in [-0.4, -0.2) is 60.4 Å². The normalized spacial score (nSPS) is 20.7. The summed E-state index contributed by atoms with van der Waals surface area (Å²) in [5, 5.41) is 15.8. The van der Waals surface area contributed by atoms with Crippen LogP contribution in [0.1, 0.15) is 63.4 Å². The Morgan fingerprint density at radius 1 is 1.00 bits per heavy atom. The van der Waals surface area contributed by atoms with E-state index in [4.69, 9.17) is 17.6 Å². The molecule has 32 heavy (non-hydrogen) atoms. The van der Waals surface area contributed by atoms with Gasteiger partial charge in [0, 0.05) is 25.2 Å². The molecule has 2 saturated carbocycles. The topological polar surface area (TPSA) is 88.5 Å². The molecule has 0 atom stereocenters. The van der Waals surface area contributed by atoms with Gasteiger partial charge in [-0.05, 0) is 62.0 Å². The van der Waals surface area contributed by atoms with Crippen molar-refractivity contribution in [1.29, 1.82) is 5.41 Å². The summed E-state index contributed by atoms with van der Waals surface area (Å²) in [5.41, 5.74) is 1.06. The fourth-order valence-corrected chi connectivity index (χ4v) is 6.78. The molecule has 0 unspecified atom stereocenters. The number of rotatable bonds is 7. The molecule has 4 rings (SSSR count). The monoisotopic (exact) mass is 477 g/mol. The fourth-order valence-electron chi connectivity index (χ4n) is 5.12. The van der Waals surface area contributed by atoms with Crippen molar-refractivity contribution >= 4 is 33.3 Å². The van der Waals surface area contributed by atoms with Gasteiger partial charge in [-0.25, -0.2) is 12.7 Å². The van der Waals surface area contributed by atoms with Crippen molar-refractivity contribution < 1.29 is 8.42 Å². The van der Waals surface area contributed by atoms with Crippen molar-refractivity contribution in [3.05, 3.63) is 29.8 Å². The van der Waals surface area contributed by atoms with Gasteiger partial charge in [0.2, 0.25) is 5.96 Å². The second-order valence-corrected chi connectivity index (χ2v) is 11.4. The van der Waals surface area contributed by atoms with E-state index in [9.17, 15) is 8.42 Å². The molecule has 9 heteroatoms. The number of nitrogens with zero attached hydrogens (tertiary/aromatic N) is 2. The molecular formula is C23H35N5O2S2. The van der Waals surface area contributed by atoms with Crippen molar-refractivity contribution in [2.24, 2.45) is 0 Å². The van der Waals surface area contributed by atoms with Gasteiger partial charge < -0.3 is 15.5 Å². The van der Waals surface area contributed by atoms with Crippen molar-refractivity contribution in [2.75, 3.05) is 19.6 Å². The Bertz CT molecular complexity index is 907. The lowest BCUT2D eigenvalue weighted by Crippen LogP contribution is -2.42. The minimum Gasteiger partial charge on any atom is -0.362 e. The third kappa shape index (κ3) is 5.36. The SMILES string of the molecule is N=C1N(C2CCCCC2)CCN1S(=O)(=O)c1ccc(CCNC(=S)NC2CCCC2)cc1. The van der Waals surface area contributed by atoms with E-state index < -0.39 is 10.0 Å². The van der Waals surface area contributed by atoms with Gasteiger partial charge in [0.15, 0.2) is 5.11 Å². The molecule has 0 bridgehead atoms. The van der Waals surface area contributed by atoms with Gasteiger partial charge in [-0.15, -0.1) is 0 Å². The molecule has 176 valence electrons. The molecule has 1 aliphatic heterocycles. The van der Waals surface area contributed by atoms with Crippen LogP contribution in [0.2, 0.25) is 0 Å². The van der Waals surface area contributed by atoms with Gasteiger partial charge in [-0.2, -0.15) is 0 Å². The highest BCUT2D eigenvalue weighted by molar-refractivity contribution is 7.89. The first kappa shape index (κ1) is 23.3. The minimum atomic E-state index is -3.70. The first-order valence-electron chi connectivity index (χ1n) is 12.0. The van der Waals surface area contributed by atoms with Crippen molar-refractivity contribution in [2.45, 2.75) is 81.2 Å². The molecule has 0 amide bonds. The second kappa shape index (κ2) is 10.4. The van der Waals surface area contributed by atoms with Crippen molar-refractivity contribution in [1.82, 2.24) is 19.8 Å². The molecule has 3 aliphatic rings. The van der Waals surface area contributed by atoms with E-state index in [1.54, 1.807) is 12.1 Å². The zero-order chi connectivity index (χ0) is 22.6. The summed E-state index contributed by atoms with van der Waals surface area (Å²) in [5.74, 6) is 0.133. The second-order valence-electron chi connectivity index (χ2n) is 9.16. The maximum atomic E-state index is 13.2. The van der Waals surface area contributed by atoms with E-state index >= 15 is 0 Å². The fraction of sp³-hybridized carbons (Fsp3) is 0.652. The molecule has 7 nitrogen and oxygen atoms in total.